The number of H-pyrrole nitrogens is 1. The number of nitrogens with zero attached hydrogens (tertiary/aromatic N) is 4. The number of aromatic nitrogens is 4. The van der Waals surface area contributed by atoms with Gasteiger partial charge in [0.15, 0.2) is 0 Å². The highest BCUT2D eigenvalue weighted by atomic mass is 32.2. The molecule has 0 spiro atoms. The number of anilines is 2. The van der Waals surface area contributed by atoms with Gasteiger partial charge in [0.2, 0.25) is 17.6 Å². The number of hydrogen-bond donors (Lipinski definition) is 3. The third-order valence-corrected chi connectivity index (χ3v) is 5.93. The Balaban J connectivity index is 1.45. The van der Waals surface area contributed by atoms with E-state index in [1.54, 1.807) is 19.3 Å². The summed E-state index contributed by atoms with van der Waals surface area (Å²) in [5, 5.41) is 12.1. The maximum atomic E-state index is 13.0. The number of pyridine rings is 1. The van der Waals surface area contributed by atoms with Crippen molar-refractivity contribution in [2.45, 2.75) is 24.3 Å². The second-order valence-corrected chi connectivity index (χ2v) is 8.28. The molecule has 1 aliphatic rings. The van der Waals surface area contributed by atoms with E-state index in [0.717, 1.165) is 10.5 Å². The third kappa shape index (κ3) is 4.78. The van der Waals surface area contributed by atoms with Crippen molar-refractivity contribution >= 4 is 41.0 Å². The Hall–Kier alpha value is -3.73. The SMILES string of the molecule is CC(=O)Nc1cc2c(cn1)SC[C@H](NC(=O)c1n[nH]c(Cc3ccccc3)n1)C(=O)N2C. The van der Waals surface area contributed by atoms with Crippen LogP contribution in [-0.2, 0) is 16.0 Å². The van der Waals surface area contributed by atoms with Crippen LogP contribution >= 0.6 is 11.8 Å². The number of benzene rings is 1. The molecule has 0 fully saturated rings. The summed E-state index contributed by atoms with van der Waals surface area (Å²) < 4.78 is 0. The summed E-state index contributed by atoms with van der Waals surface area (Å²) in [6.45, 7) is 1.39. The quantitative estimate of drug-likeness (QED) is 0.537. The van der Waals surface area contributed by atoms with Crippen LogP contribution in [0.2, 0.25) is 0 Å². The van der Waals surface area contributed by atoms with Crippen LogP contribution in [0.5, 0.6) is 0 Å². The second kappa shape index (κ2) is 9.18. The number of amides is 3. The Labute approximate surface area is 188 Å². The zero-order valence-corrected chi connectivity index (χ0v) is 18.3. The second-order valence-electron chi connectivity index (χ2n) is 7.22. The first-order chi connectivity index (χ1) is 15.4. The fourth-order valence-electron chi connectivity index (χ4n) is 3.24. The number of thioether (sulfide) groups is 1. The predicted octanol–water partition coefficient (Wildman–Crippen LogP) is 1.62. The standard InChI is InChI=1S/C21H21N7O3S/c1-12(29)23-17-9-15-16(10-22-17)32-11-14(21(31)28(15)2)24-20(30)19-25-18(26-27-19)8-13-6-4-3-5-7-13/h3-7,9-10,14H,8,11H2,1-2H3,(H,24,30)(H,22,23,29)(H,25,26,27)/t14-/m0/s1. The van der Waals surface area contributed by atoms with E-state index in [2.05, 4.69) is 30.8 Å². The van der Waals surface area contributed by atoms with Crippen molar-refractivity contribution in [2.75, 3.05) is 23.0 Å². The number of carbonyl (C=O) groups excluding carboxylic acids is 3. The first-order valence-electron chi connectivity index (χ1n) is 9.85. The van der Waals surface area contributed by atoms with Gasteiger partial charge in [-0.15, -0.1) is 16.9 Å². The van der Waals surface area contributed by atoms with Crippen molar-refractivity contribution in [3.8, 4) is 0 Å². The van der Waals surface area contributed by atoms with Crippen molar-refractivity contribution in [2.24, 2.45) is 0 Å². The minimum absolute atomic E-state index is 0.0206. The van der Waals surface area contributed by atoms with Crippen LogP contribution in [0.15, 0.2) is 47.5 Å². The molecule has 3 amide bonds. The zero-order valence-electron chi connectivity index (χ0n) is 17.5. The van der Waals surface area contributed by atoms with Gasteiger partial charge in [0.1, 0.15) is 17.7 Å². The largest absolute Gasteiger partial charge is 0.337 e. The van der Waals surface area contributed by atoms with E-state index in [0.29, 0.717) is 29.5 Å². The van der Waals surface area contributed by atoms with Gasteiger partial charge >= 0.3 is 0 Å². The topological polar surface area (TPSA) is 133 Å². The lowest BCUT2D eigenvalue weighted by atomic mass is 10.1. The summed E-state index contributed by atoms with van der Waals surface area (Å²) in [6, 6.07) is 10.6. The smallest absolute Gasteiger partial charge is 0.291 e. The van der Waals surface area contributed by atoms with Gasteiger partial charge in [-0.2, -0.15) is 0 Å². The van der Waals surface area contributed by atoms with Crippen molar-refractivity contribution in [3.05, 3.63) is 59.8 Å². The van der Waals surface area contributed by atoms with Crippen LogP contribution in [0.1, 0.15) is 28.9 Å². The summed E-state index contributed by atoms with van der Waals surface area (Å²) in [7, 11) is 1.62. The van der Waals surface area contributed by atoms with E-state index in [4.69, 9.17) is 0 Å². The van der Waals surface area contributed by atoms with E-state index < -0.39 is 11.9 Å². The van der Waals surface area contributed by atoms with E-state index in [1.165, 1.54) is 23.6 Å². The van der Waals surface area contributed by atoms with Crippen LogP contribution in [0.3, 0.4) is 0 Å². The number of fused-ring (bicyclic) bond motifs is 1. The Kier molecular flexibility index (Phi) is 6.17. The zero-order chi connectivity index (χ0) is 22.7. The average Bonchev–Trinajstić information content (AvgIpc) is 3.21. The molecule has 0 saturated heterocycles. The third-order valence-electron chi connectivity index (χ3n) is 4.80. The van der Waals surface area contributed by atoms with Gasteiger partial charge in [-0.1, -0.05) is 30.3 Å². The van der Waals surface area contributed by atoms with Crippen molar-refractivity contribution in [1.29, 1.82) is 0 Å². The monoisotopic (exact) mass is 451 g/mol. The van der Waals surface area contributed by atoms with E-state index in [-0.39, 0.29) is 17.6 Å². The normalized spacial score (nSPS) is 15.6. The minimum atomic E-state index is -0.773. The van der Waals surface area contributed by atoms with E-state index >= 15 is 0 Å². The van der Waals surface area contributed by atoms with E-state index in [1.807, 2.05) is 30.3 Å². The molecule has 0 radical (unpaired) electrons. The molecule has 3 heterocycles. The maximum Gasteiger partial charge on any atom is 0.291 e. The molecule has 11 heteroatoms. The highest BCUT2D eigenvalue weighted by Crippen LogP contribution is 2.34. The van der Waals surface area contributed by atoms with Gasteiger partial charge < -0.3 is 15.5 Å². The lowest BCUT2D eigenvalue weighted by molar-refractivity contribution is -0.119. The summed E-state index contributed by atoms with van der Waals surface area (Å²) in [6.07, 6.45) is 2.12. The maximum absolute atomic E-state index is 13.0. The van der Waals surface area contributed by atoms with Gasteiger partial charge in [-0.3, -0.25) is 19.5 Å². The molecule has 0 unspecified atom stereocenters. The van der Waals surface area contributed by atoms with Crippen LogP contribution in [-0.4, -0.2) is 56.7 Å². The molecule has 3 N–H and O–H groups in total. The Bertz CT molecular complexity index is 1170. The number of aromatic amines is 1. The van der Waals surface area contributed by atoms with Crippen LogP contribution in [0, 0.1) is 0 Å². The fourth-order valence-corrected chi connectivity index (χ4v) is 4.29. The van der Waals surface area contributed by atoms with Gasteiger partial charge in [0, 0.05) is 43.3 Å². The van der Waals surface area contributed by atoms with Crippen molar-refractivity contribution in [1.82, 2.24) is 25.5 Å². The molecule has 0 bridgehead atoms. The van der Waals surface area contributed by atoms with Gasteiger partial charge in [0.05, 0.1) is 5.69 Å². The predicted molar refractivity (Wildman–Crippen MR) is 120 cm³/mol. The lowest BCUT2D eigenvalue weighted by Gasteiger charge is -2.21. The number of carbonyl (C=O) groups is 3. The molecule has 1 atom stereocenters. The van der Waals surface area contributed by atoms with Crippen LogP contribution < -0.4 is 15.5 Å². The van der Waals surface area contributed by atoms with Gasteiger partial charge in [-0.05, 0) is 5.56 Å². The molecule has 0 aliphatic carbocycles. The molecular weight excluding hydrogens is 430 g/mol. The molecule has 164 valence electrons. The summed E-state index contributed by atoms with van der Waals surface area (Å²) in [4.78, 5) is 47.7. The molecule has 10 nitrogen and oxygen atoms in total. The molecule has 1 aliphatic heterocycles. The number of likely N-dealkylation sites (N-methyl/N-ethyl adjacent to an activating group) is 1. The van der Waals surface area contributed by atoms with E-state index in [9.17, 15) is 14.4 Å². The molecular formula is C21H21N7O3S. The first kappa shape index (κ1) is 21.5. The van der Waals surface area contributed by atoms with Gasteiger partial charge in [-0.25, -0.2) is 9.97 Å². The Morgan fingerprint density at radius 3 is 2.81 bits per heavy atom. The molecule has 2 aromatic heterocycles. The number of nitrogens with one attached hydrogen (secondary N) is 3. The van der Waals surface area contributed by atoms with Crippen LogP contribution in [0.4, 0.5) is 11.5 Å². The molecule has 4 rings (SSSR count). The first-order valence-corrected chi connectivity index (χ1v) is 10.8. The summed E-state index contributed by atoms with van der Waals surface area (Å²) >= 11 is 1.40. The molecule has 1 aromatic carbocycles. The molecule has 32 heavy (non-hydrogen) atoms. The Morgan fingerprint density at radius 2 is 2.06 bits per heavy atom. The summed E-state index contributed by atoms with van der Waals surface area (Å²) in [5.41, 5.74) is 1.65. The van der Waals surface area contributed by atoms with Crippen molar-refractivity contribution in [3.63, 3.8) is 0 Å². The molecule has 0 saturated carbocycles. The lowest BCUT2D eigenvalue weighted by Crippen LogP contribution is -2.48. The molecule has 3 aromatic rings. The number of hydrogen-bond acceptors (Lipinski definition) is 7. The Morgan fingerprint density at radius 1 is 1.28 bits per heavy atom. The highest BCUT2D eigenvalue weighted by molar-refractivity contribution is 7.99. The number of rotatable bonds is 5. The minimum Gasteiger partial charge on any atom is -0.337 e. The summed E-state index contributed by atoms with van der Waals surface area (Å²) in [5.74, 6) is 0.142. The van der Waals surface area contributed by atoms with Crippen molar-refractivity contribution < 1.29 is 14.4 Å². The fraction of sp³-hybridized carbons (Fsp3) is 0.238. The van der Waals surface area contributed by atoms with Crippen LogP contribution in [0.25, 0.3) is 0 Å². The highest BCUT2D eigenvalue weighted by Gasteiger charge is 2.31. The van der Waals surface area contributed by atoms with Gasteiger partial charge in [0.25, 0.3) is 5.91 Å². The average molecular weight is 452 g/mol.